The van der Waals surface area contributed by atoms with E-state index >= 15 is 0 Å². The molecule has 0 aliphatic rings. The van der Waals surface area contributed by atoms with E-state index in [-0.39, 0.29) is 30.1 Å². The second kappa shape index (κ2) is 5.83. The van der Waals surface area contributed by atoms with Crippen LogP contribution >= 0.6 is 0 Å². The first-order valence-electron chi connectivity index (χ1n) is 5.90. The van der Waals surface area contributed by atoms with Crippen molar-refractivity contribution in [2.75, 3.05) is 5.32 Å². The highest BCUT2D eigenvalue weighted by Gasteiger charge is 2.13. The van der Waals surface area contributed by atoms with Crippen LogP contribution in [-0.4, -0.2) is 30.4 Å². The van der Waals surface area contributed by atoms with Crippen molar-refractivity contribution >= 4 is 17.4 Å². The van der Waals surface area contributed by atoms with Crippen LogP contribution in [-0.2, 0) is 18.4 Å². The van der Waals surface area contributed by atoms with E-state index in [1.807, 2.05) is 6.07 Å². The number of hydrogen-bond acceptors (Lipinski definition) is 6. The predicted molar refractivity (Wildman–Crippen MR) is 70.1 cm³/mol. The van der Waals surface area contributed by atoms with Crippen molar-refractivity contribution in [1.29, 1.82) is 5.26 Å². The maximum absolute atomic E-state index is 11.8. The summed E-state index contributed by atoms with van der Waals surface area (Å²) >= 11 is 0. The summed E-state index contributed by atoms with van der Waals surface area (Å²) in [4.78, 5) is 21.8. The van der Waals surface area contributed by atoms with Gasteiger partial charge in [-0.05, 0) is 0 Å². The first kappa shape index (κ1) is 14.2. The number of aromatic nitrogens is 4. The minimum Gasteiger partial charge on any atom is -0.310 e. The van der Waals surface area contributed by atoms with Crippen molar-refractivity contribution in [1.82, 2.24) is 19.6 Å². The minimum absolute atomic E-state index is 0.0644. The Morgan fingerprint density at radius 1 is 1.52 bits per heavy atom. The smallest absolute Gasteiger partial charge is 0.306 e. The Labute approximate surface area is 118 Å². The number of hydrogen-bond donors (Lipinski definition) is 1. The molecule has 0 atom stereocenters. The highest BCUT2D eigenvalue weighted by atomic mass is 16.6. The van der Waals surface area contributed by atoms with Gasteiger partial charge in [-0.1, -0.05) is 0 Å². The molecule has 0 saturated carbocycles. The Bertz CT molecular complexity index is 724. The van der Waals surface area contributed by atoms with Crippen LogP contribution in [0.5, 0.6) is 0 Å². The van der Waals surface area contributed by atoms with Gasteiger partial charge in [0.15, 0.2) is 0 Å². The third-order valence-corrected chi connectivity index (χ3v) is 2.72. The van der Waals surface area contributed by atoms with Gasteiger partial charge >= 0.3 is 5.69 Å². The van der Waals surface area contributed by atoms with Gasteiger partial charge in [-0.3, -0.25) is 24.3 Å². The second-order valence-corrected chi connectivity index (χ2v) is 4.16. The van der Waals surface area contributed by atoms with Crippen LogP contribution in [0.3, 0.4) is 0 Å². The quantitative estimate of drug-likeness (QED) is 0.626. The van der Waals surface area contributed by atoms with Gasteiger partial charge in [0, 0.05) is 20.0 Å². The van der Waals surface area contributed by atoms with E-state index in [0.717, 1.165) is 6.20 Å². The number of nitro groups is 1. The minimum atomic E-state index is -0.557. The van der Waals surface area contributed by atoms with Crippen molar-refractivity contribution in [2.45, 2.75) is 13.0 Å². The maximum atomic E-state index is 11.8. The molecular weight excluding hydrogens is 278 g/mol. The molecule has 0 spiro atoms. The summed E-state index contributed by atoms with van der Waals surface area (Å²) in [6.45, 7) is 0.194. The summed E-state index contributed by atoms with van der Waals surface area (Å²) in [5, 5.41) is 29.6. The number of nitrogens with zero attached hydrogens (tertiary/aromatic N) is 6. The molecule has 0 aromatic carbocycles. The second-order valence-electron chi connectivity index (χ2n) is 4.16. The van der Waals surface area contributed by atoms with Gasteiger partial charge in [-0.2, -0.15) is 15.5 Å². The van der Waals surface area contributed by atoms with E-state index in [1.54, 1.807) is 7.05 Å². The molecule has 0 aliphatic heterocycles. The van der Waals surface area contributed by atoms with Gasteiger partial charge in [-0.25, -0.2) is 0 Å². The van der Waals surface area contributed by atoms with Crippen molar-refractivity contribution in [3.63, 3.8) is 0 Å². The van der Waals surface area contributed by atoms with Crippen molar-refractivity contribution in [2.24, 2.45) is 7.05 Å². The van der Waals surface area contributed by atoms with Crippen LogP contribution in [0.4, 0.5) is 11.5 Å². The predicted octanol–water partition coefficient (Wildman–Crippen LogP) is 0.425. The molecule has 0 fully saturated rings. The Morgan fingerprint density at radius 2 is 2.29 bits per heavy atom. The van der Waals surface area contributed by atoms with Crippen LogP contribution in [0.15, 0.2) is 18.6 Å². The molecule has 0 radical (unpaired) electrons. The molecule has 108 valence electrons. The zero-order chi connectivity index (χ0) is 15.4. The lowest BCUT2D eigenvalue weighted by molar-refractivity contribution is -0.385. The molecule has 1 N–H and O–H groups in total. The number of carbonyl (C=O) groups is 1. The number of aryl methyl sites for hydroxylation is 2. The topological polar surface area (TPSA) is 132 Å². The lowest BCUT2D eigenvalue weighted by atomic mass is 10.3. The van der Waals surface area contributed by atoms with Crippen LogP contribution < -0.4 is 5.32 Å². The van der Waals surface area contributed by atoms with Gasteiger partial charge in [0.1, 0.15) is 29.8 Å². The van der Waals surface area contributed by atoms with E-state index in [1.165, 1.54) is 21.8 Å². The lowest BCUT2D eigenvalue weighted by Gasteiger charge is -2.05. The molecule has 0 saturated heterocycles. The van der Waals surface area contributed by atoms with E-state index in [2.05, 4.69) is 15.5 Å². The van der Waals surface area contributed by atoms with Gasteiger partial charge < -0.3 is 5.32 Å². The standard InChI is InChI=1S/C11H11N7O3/c1-16-11(8(4-12)5-13-16)15-10(19)2-3-17-7-9(6-14-17)18(20)21/h5-7H,2-3H2,1H3,(H,15,19). The molecule has 1 amide bonds. The molecule has 10 nitrogen and oxygen atoms in total. The molecule has 2 aromatic heterocycles. The maximum Gasteiger partial charge on any atom is 0.306 e. The van der Waals surface area contributed by atoms with E-state index in [9.17, 15) is 14.9 Å². The highest BCUT2D eigenvalue weighted by Crippen LogP contribution is 2.13. The molecular formula is C11H11N7O3. The van der Waals surface area contributed by atoms with Crippen molar-refractivity contribution in [3.8, 4) is 6.07 Å². The molecule has 21 heavy (non-hydrogen) atoms. The molecule has 2 rings (SSSR count). The summed E-state index contributed by atoms with van der Waals surface area (Å²) in [5.41, 5.74) is 0.134. The average Bonchev–Trinajstić information content (AvgIpc) is 3.05. The monoisotopic (exact) mass is 289 g/mol. The first-order valence-corrected chi connectivity index (χ1v) is 5.90. The van der Waals surface area contributed by atoms with Gasteiger partial charge in [0.05, 0.1) is 11.1 Å². The van der Waals surface area contributed by atoms with Gasteiger partial charge in [-0.15, -0.1) is 0 Å². The Morgan fingerprint density at radius 3 is 2.90 bits per heavy atom. The number of nitriles is 1. The van der Waals surface area contributed by atoms with E-state index < -0.39 is 4.92 Å². The van der Waals surface area contributed by atoms with Crippen LogP contribution in [0, 0.1) is 21.4 Å². The van der Waals surface area contributed by atoms with Gasteiger partial charge in [0.25, 0.3) is 0 Å². The third-order valence-electron chi connectivity index (χ3n) is 2.72. The van der Waals surface area contributed by atoms with Crippen LogP contribution in [0.25, 0.3) is 0 Å². The zero-order valence-corrected chi connectivity index (χ0v) is 11.1. The molecule has 0 bridgehead atoms. The van der Waals surface area contributed by atoms with Crippen LogP contribution in [0.2, 0.25) is 0 Å². The third kappa shape index (κ3) is 3.21. The number of rotatable bonds is 5. The summed E-state index contributed by atoms with van der Waals surface area (Å²) in [7, 11) is 1.60. The molecule has 10 heteroatoms. The first-order chi connectivity index (χ1) is 10.0. The van der Waals surface area contributed by atoms with Crippen molar-refractivity contribution < 1.29 is 9.72 Å². The molecule has 0 unspecified atom stereocenters. The molecule has 2 heterocycles. The fourth-order valence-corrected chi connectivity index (χ4v) is 1.65. The number of nitrogens with one attached hydrogen (secondary N) is 1. The van der Waals surface area contributed by atoms with Crippen LogP contribution in [0.1, 0.15) is 12.0 Å². The highest BCUT2D eigenvalue weighted by molar-refractivity contribution is 5.90. The Hall–Kier alpha value is -3.22. The lowest BCUT2D eigenvalue weighted by Crippen LogP contribution is -2.17. The zero-order valence-electron chi connectivity index (χ0n) is 11.1. The summed E-state index contributed by atoms with van der Waals surface area (Å²) in [6, 6.07) is 1.92. The molecule has 0 aliphatic carbocycles. The summed E-state index contributed by atoms with van der Waals surface area (Å²) < 4.78 is 2.70. The average molecular weight is 289 g/mol. The summed E-state index contributed by atoms with van der Waals surface area (Å²) in [6.07, 6.45) is 3.78. The van der Waals surface area contributed by atoms with Crippen molar-refractivity contribution in [3.05, 3.63) is 34.3 Å². The normalized spacial score (nSPS) is 10.1. The number of amides is 1. The number of carbonyl (C=O) groups excluding carboxylic acids is 1. The van der Waals surface area contributed by atoms with Gasteiger partial charge in [0.2, 0.25) is 5.91 Å². The molecule has 2 aromatic rings. The van der Waals surface area contributed by atoms with E-state index in [0.29, 0.717) is 5.82 Å². The largest absolute Gasteiger partial charge is 0.310 e. The fraction of sp³-hybridized carbons (Fsp3) is 0.273. The number of anilines is 1. The Kier molecular flexibility index (Phi) is 3.94. The summed E-state index contributed by atoms with van der Waals surface area (Å²) in [5.74, 6) is -0.0257. The SMILES string of the molecule is Cn1ncc(C#N)c1NC(=O)CCn1cc([N+](=O)[O-])cn1. The Balaban J connectivity index is 1.94. The van der Waals surface area contributed by atoms with E-state index in [4.69, 9.17) is 5.26 Å². The fourth-order valence-electron chi connectivity index (χ4n) is 1.65.